The molecule has 116 valence electrons. The molecule has 1 atom stereocenters. The van der Waals surface area contributed by atoms with Crippen molar-refractivity contribution in [2.75, 3.05) is 19.6 Å². The van der Waals surface area contributed by atoms with Gasteiger partial charge in [-0.25, -0.2) is 0 Å². The minimum Gasteiger partial charge on any atom is -0.370 e. The Morgan fingerprint density at radius 3 is 2.70 bits per heavy atom. The summed E-state index contributed by atoms with van der Waals surface area (Å²) in [7, 11) is 0. The highest BCUT2D eigenvalue weighted by Crippen LogP contribution is 2.20. The smallest absolute Gasteiger partial charge is 0.222 e. The molecular formula is C15H30N4O. The third-order valence-corrected chi connectivity index (χ3v) is 4.12. The molecule has 1 amide bonds. The molecule has 1 saturated heterocycles. The SMILES string of the molecule is CCC1CCCN(C(=O)CCCCCN=C(N)N)CC1. The van der Waals surface area contributed by atoms with Crippen molar-refractivity contribution >= 4 is 11.9 Å². The van der Waals surface area contributed by atoms with Crippen molar-refractivity contribution in [1.82, 2.24) is 4.90 Å². The van der Waals surface area contributed by atoms with Gasteiger partial charge in [-0.3, -0.25) is 9.79 Å². The van der Waals surface area contributed by atoms with Crippen LogP contribution in [0.3, 0.4) is 0 Å². The van der Waals surface area contributed by atoms with Crippen LogP contribution in [0.25, 0.3) is 0 Å². The molecule has 0 saturated carbocycles. The number of hydrogen-bond donors (Lipinski definition) is 2. The lowest BCUT2D eigenvalue weighted by Crippen LogP contribution is -2.31. The standard InChI is InChI=1S/C15H30N4O/c1-2-13-7-6-11-19(12-9-13)14(20)8-4-3-5-10-18-15(16)17/h13H,2-12H2,1H3,(H4,16,17,18). The second-order valence-corrected chi connectivity index (χ2v) is 5.70. The number of amides is 1. The number of nitrogens with two attached hydrogens (primary N) is 2. The first kappa shape index (κ1) is 16.8. The van der Waals surface area contributed by atoms with Crippen LogP contribution >= 0.6 is 0 Å². The van der Waals surface area contributed by atoms with Crippen LogP contribution < -0.4 is 11.5 Å². The van der Waals surface area contributed by atoms with Crippen LogP contribution in [0.15, 0.2) is 4.99 Å². The molecule has 0 aliphatic carbocycles. The van der Waals surface area contributed by atoms with E-state index in [9.17, 15) is 4.79 Å². The average Bonchev–Trinajstić information content (AvgIpc) is 2.67. The quantitative estimate of drug-likeness (QED) is 0.424. The Balaban J connectivity index is 2.14. The molecule has 5 heteroatoms. The van der Waals surface area contributed by atoms with E-state index in [1.807, 2.05) is 0 Å². The summed E-state index contributed by atoms with van der Waals surface area (Å²) in [5, 5.41) is 0. The van der Waals surface area contributed by atoms with Gasteiger partial charge in [-0.15, -0.1) is 0 Å². The molecule has 0 aromatic carbocycles. The van der Waals surface area contributed by atoms with E-state index >= 15 is 0 Å². The summed E-state index contributed by atoms with van der Waals surface area (Å²) < 4.78 is 0. The van der Waals surface area contributed by atoms with E-state index < -0.39 is 0 Å². The van der Waals surface area contributed by atoms with Crippen LogP contribution in [0.1, 0.15) is 58.3 Å². The molecule has 0 bridgehead atoms. The normalized spacial score (nSPS) is 19.4. The van der Waals surface area contributed by atoms with E-state index in [4.69, 9.17) is 11.5 Å². The van der Waals surface area contributed by atoms with Crippen molar-refractivity contribution in [2.45, 2.75) is 58.3 Å². The van der Waals surface area contributed by atoms with Crippen molar-refractivity contribution < 1.29 is 4.79 Å². The molecule has 0 radical (unpaired) electrons. The fourth-order valence-electron chi connectivity index (χ4n) is 2.75. The number of unbranched alkanes of at least 4 members (excludes halogenated alkanes) is 2. The van der Waals surface area contributed by atoms with Crippen LogP contribution in [-0.2, 0) is 4.79 Å². The predicted molar refractivity (Wildman–Crippen MR) is 83.4 cm³/mol. The largest absolute Gasteiger partial charge is 0.370 e. The summed E-state index contributed by atoms with van der Waals surface area (Å²) in [5.74, 6) is 1.28. The van der Waals surface area contributed by atoms with Crippen LogP contribution in [0.4, 0.5) is 0 Å². The molecular weight excluding hydrogens is 252 g/mol. The van der Waals surface area contributed by atoms with Gasteiger partial charge in [0, 0.05) is 26.1 Å². The Bertz CT molecular complexity index is 313. The Morgan fingerprint density at radius 1 is 1.20 bits per heavy atom. The Kier molecular flexibility index (Phi) is 8.07. The molecule has 4 N–H and O–H groups in total. The van der Waals surface area contributed by atoms with Crippen LogP contribution in [0, 0.1) is 5.92 Å². The first-order valence-corrected chi connectivity index (χ1v) is 7.96. The van der Waals surface area contributed by atoms with Gasteiger partial charge in [0.15, 0.2) is 5.96 Å². The van der Waals surface area contributed by atoms with Gasteiger partial charge in [0.05, 0.1) is 0 Å². The summed E-state index contributed by atoms with van der Waals surface area (Å²) in [5.41, 5.74) is 10.5. The molecule has 0 aromatic heterocycles. The van der Waals surface area contributed by atoms with E-state index in [0.29, 0.717) is 18.9 Å². The minimum atomic E-state index is 0.149. The Hall–Kier alpha value is -1.26. The maximum absolute atomic E-state index is 12.1. The van der Waals surface area contributed by atoms with E-state index in [0.717, 1.165) is 44.7 Å². The maximum Gasteiger partial charge on any atom is 0.222 e. The fourth-order valence-corrected chi connectivity index (χ4v) is 2.75. The Morgan fingerprint density at radius 2 is 2.00 bits per heavy atom. The van der Waals surface area contributed by atoms with E-state index in [-0.39, 0.29) is 5.96 Å². The van der Waals surface area contributed by atoms with Crippen LogP contribution in [0.5, 0.6) is 0 Å². The molecule has 0 aromatic rings. The van der Waals surface area contributed by atoms with Gasteiger partial charge in [-0.1, -0.05) is 19.8 Å². The summed E-state index contributed by atoms with van der Waals surface area (Å²) >= 11 is 0. The molecule has 1 heterocycles. The number of nitrogens with zero attached hydrogens (tertiary/aromatic N) is 2. The van der Waals surface area contributed by atoms with Gasteiger partial charge >= 0.3 is 0 Å². The second-order valence-electron chi connectivity index (χ2n) is 5.70. The summed E-state index contributed by atoms with van der Waals surface area (Å²) in [4.78, 5) is 18.1. The van der Waals surface area contributed by atoms with Gasteiger partial charge in [0.1, 0.15) is 0 Å². The highest BCUT2D eigenvalue weighted by molar-refractivity contribution is 5.76. The number of rotatable bonds is 7. The first-order chi connectivity index (χ1) is 9.63. The number of aliphatic imine (C=N–C) groups is 1. The molecule has 1 unspecified atom stereocenters. The lowest BCUT2D eigenvalue weighted by atomic mass is 9.98. The van der Waals surface area contributed by atoms with Gasteiger partial charge in [0.25, 0.3) is 0 Å². The van der Waals surface area contributed by atoms with Crippen molar-refractivity contribution in [1.29, 1.82) is 0 Å². The van der Waals surface area contributed by atoms with Gasteiger partial charge in [0.2, 0.25) is 5.91 Å². The zero-order valence-electron chi connectivity index (χ0n) is 12.8. The third-order valence-electron chi connectivity index (χ3n) is 4.12. The second kappa shape index (κ2) is 9.61. The van der Waals surface area contributed by atoms with Gasteiger partial charge < -0.3 is 16.4 Å². The maximum atomic E-state index is 12.1. The topological polar surface area (TPSA) is 84.7 Å². The van der Waals surface area contributed by atoms with E-state index in [1.54, 1.807) is 0 Å². The molecule has 5 nitrogen and oxygen atoms in total. The van der Waals surface area contributed by atoms with Crippen LogP contribution in [0.2, 0.25) is 0 Å². The predicted octanol–water partition coefficient (Wildman–Crippen LogP) is 1.86. The van der Waals surface area contributed by atoms with Crippen molar-refractivity contribution in [3.63, 3.8) is 0 Å². The third kappa shape index (κ3) is 6.78. The monoisotopic (exact) mass is 282 g/mol. The highest BCUT2D eigenvalue weighted by atomic mass is 16.2. The zero-order valence-corrected chi connectivity index (χ0v) is 12.8. The van der Waals surface area contributed by atoms with Crippen molar-refractivity contribution in [3.05, 3.63) is 0 Å². The van der Waals surface area contributed by atoms with E-state index in [2.05, 4.69) is 16.8 Å². The molecule has 0 spiro atoms. The first-order valence-electron chi connectivity index (χ1n) is 7.96. The summed E-state index contributed by atoms with van der Waals surface area (Å²) in [6.45, 7) is 4.81. The molecule has 1 aliphatic heterocycles. The Labute approximate surface area is 122 Å². The lowest BCUT2D eigenvalue weighted by Gasteiger charge is -2.20. The van der Waals surface area contributed by atoms with Gasteiger partial charge in [-0.05, 0) is 38.0 Å². The summed E-state index contributed by atoms with van der Waals surface area (Å²) in [6.07, 6.45) is 8.41. The molecule has 1 fully saturated rings. The van der Waals surface area contributed by atoms with Crippen molar-refractivity contribution in [3.8, 4) is 0 Å². The number of guanidine groups is 1. The molecule has 1 rings (SSSR count). The van der Waals surface area contributed by atoms with Crippen molar-refractivity contribution in [2.24, 2.45) is 22.4 Å². The number of carbonyl (C=O) groups excluding carboxylic acids is 1. The van der Waals surface area contributed by atoms with E-state index in [1.165, 1.54) is 19.3 Å². The number of carbonyl (C=O) groups is 1. The minimum absolute atomic E-state index is 0.149. The van der Waals surface area contributed by atoms with Crippen LogP contribution in [-0.4, -0.2) is 36.4 Å². The lowest BCUT2D eigenvalue weighted by molar-refractivity contribution is -0.131. The average molecular weight is 282 g/mol. The fraction of sp³-hybridized carbons (Fsp3) is 0.867. The summed E-state index contributed by atoms with van der Waals surface area (Å²) in [6, 6.07) is 0. The molecule has 1 aliphatic rings. The van der Waals surface area contributed by atoms with Gasteiger partial charge in [-0.2, -0.15) is 0 Å². The number of likely N-dealkylation sites (tertiary alicyclic amines) is 1. The molecule has 20 heavy (non-hydrogen) atoms. The number of hydrogen-bond acceptors (Lipinski definition) is 2. The highest BCUT2D eigenvalue weighted by Gasteiger charge is 2.19. The zero-order chi connectivity index (χ0) is 14.8.